The van der Waals surface area contributed by atoms with Gasteiger partial charge in [0.2, 0.25) is 5.88 Å². The van der Waals surface area contributed by atoms with E-state index >= 15 is 0 Å². The van der Waals surface area contributed by atoms with E-state index in [0.717, 1.165) is 47.3 Å². The third-order valence-corrected chi connectivity index (χ3v) is 5.63. The minimum Gasteiger partial charge on any atom is -0.440 e. The van der Waals surface area contributed by atoms with Crippen LogP contribution in [0.25, 0.3) is 6.08 Å². The van der Waals surface area contributed by atoms with Crippen molar-refractivity contribution in [2.75, 3.05) is 0 Å². The van der Waals surface area contributed by atoms with E-state index in [1.807, 2.05) is 48.5 Å². The Kier molecular flexibility index (Phi) is 5.17. The van der Waals surface area contributed by atoms with Crippen molar-refractivity contribution in [2.45, 2.75) is 25.2 Å². The summed E-state index contributed by atoms with van der Waals surface area (Å²) in [7, 11) is 0. The van der Waals surface area contributed by atoms with Gasteiger partial charge in [-0.1, -0.05) is 47.5 Å². The third kappa shape index (κ3) is 3.54. The van der Waals surface area contributed by atoms with Crippen LogP contribution in [0.15, 0.2) is 76.9 Å². The maximum absolute atomic E-state index is 9.72. The van der Waals surface area contributed by atoms with Crippen LogP contribution in [0.1, 0.15) is 36.3 Å². The number of nitrogens with two attached hydrogens (primary N) is 1. The molecular weight excluding hydrogens is 391 g/mol. The van der Waals surface area contributed by atoms with Gasteiger partial charge in [0.05, 0.1) is 0 Å². The van der Waals surface area contributed by atoms with Crippen LogP contribution in [0, 0.1) is 11.3 Å². The Balaban J connectivity index is 1.82. The van der Waals surface area contributed by atoms with Gasteiger partial charge in [0, 0.05) is 16.0 Å². The number of rotatable bonds is 2. The molecule has 2 N–H and O–H groups in total. The van der Waals surface area contributed by atoms with Crippen molar-refractivity contribution in [1.29, 1.82) is 5.26 Å². The van der Waals surface area contributed by atoms with E-state index in [4.69, 9.17) is 33.7 Å². The van der Waals surface area contributed by atoms with E-state index in [2.05, 4.69) is 12.1 Å². The van der Waals surface area contributed by atoms with Gasteiger partial charge >= 0.3 is 0 Å². The van der Waals surface area contributed by atoms with E-state index < -0.39 is 0 Å². The lowest BCUT2D eigenvalue weighted by atomic mass is 9.77. The van der Waals surface area contributed by atoms with Crippen molar-refractivity contribution in [1.82, 2.24) is 0 Å². The molecular formula is C23H18Cl2N2O. The van der Waals surface area contributed by atoms with Crippen molar-refractivity contribution in [3.8, 4) is 6.07 Å². The summed E-state index contributed by atoms with van der Waals surface area (Å²) in [4.78, 5) is 0. The number of hydrogen-bond donors (Lipinski definition) is 1. The summed E-state index contributed by atoms with van der Waals surface area (Å²) in [5.74, 6) is 0.752. The zero-order chi connectivity index (χ0) is 19.7. The van der Waals surface area contributed by atoms with Crippen molar-refractivity contribution in [2.24, 2.45) is 5.73 Å². The van der Waals surface area contributed by atoms with Crippen LogP contribution < -0.4 is 5.73 Å². The summed E-state index contributed by atoms with van der Waals surface area (Å²) in [6.07, 6.45) is 4.85. The molecule has 0 fully saturated rings. The molecule has 2 aromatic rings. The quantitative estimate of drug-likeness (QED) is 0.631. The second-order valence-electron chi connectivity index (χ2n) is 6.91. The van der Waals surface area contributed by atoms with Crippen molar-refractivity contribution < 1.29 is 4.74 Å². The first kappa shape index (κ1) is 18.7. The minimum absolute atomic E-state index is 0.171. The molecule has 5 heteroatoms. The average Bonchev–Trinajstić information content (AvgIpc) is 2.70. The molecule has 2 aromatic carbocycles. The fourth-order valence-corrected chi connectivity index (χ4v) is 4.08. The lowest BCUT2D eigenvalue weighted by Crippen LogP contribution is -2.23. The summed E-state index contributed by atoms with van der Waals surface area (Å²) in [5.41, 5.74) is 10.8. The molecule has 0 amide bonds. The SMILES string of the molecule is N#CC1=C(N)OC2=C(CCC/C2=C\c2ccc(Cl)cc2)C1c1ccc(Cl)cc1. The molecule has 1 aliphatic heterocycles. The lowest BCUT2D eigenvalue weighted by molar-refractivity contribution is 0.277. The maximum Gasteiger partial charge on any atom is 0.205 e. The molecule has 0 spiro atoms. The number of halogens is 2. The largest absolute Gasteiger partial charge is 0.440 e. The predicted octanol–water partition coefficient (Wildman–Crippen LogP) is 6.32. The van der Waals surface area contributed by atoms with Gasteiger partial charge in [0.1, 0.15) is 17.4 Å². The predicted molar refractivity (Wildman–Crippen MR) is 112 cm³/mol. The first-order chi connectivity index (χ1) is 13.6. The lowest BCUT2D eigenvalue weighted by Gasteiger charge is -2.33. The summed E-state index contributed by atoms with van der Waals surface area (Å²) in [5, 5.41) is 11.1. The van der Waals surface area contributed by atoms with E-state index in [1.165, 1.54) is 0 Å². The molecule has 1 unspecified atom stereocenters. The molecule has 0 saturated carbocycles. The summed E-state index contributed by atoms with van der Waals surface area (Å²) >= 11 is 12.1. The van der Waals surface area contributed by atoms with Gasteiger partial charge in [0.15, 0.2) is 0 Å². The Morgan fingerprint density at radius 1 is 1.00 bits per heavy atom. The highest BCUT2D eigenvalue weighted by atomic mass is 35.5. The number of allylic oxidation sites excluding steroid dienone is 3. The number of nitrogens with zero attached hydrogens (tertiary/aromatic N) is 1. The Morgan fingerprint density at radius 3 is 2.29 bits per heavy atom. The topological polar surface area (TPSA) is 59.0 Å². The van der Waals surface area contributed by atoms with Gasteiger partial charge in [-0.05, 0) is 71.9 Å². The summed E-state index contributed by atoms with van der Waals surface area (Å²) < 4.78 is 5.97. The standard InChI is InChI=1S/C23H18Cl2N2O/c24-17-8-4-14(5-9-17)12-16-2-1-3-19-21(15-6-10-18(25)11-7-15)20(13-26)23(27)28-22(16)19/h4-12,21H,1-3,27H2/b16-12+. The number of benzene rings is 2. The second-order valence-corrected chi connectivity index (χ2v) is 7.78. The number of nitriles is 1. The third-order valence-electron chi connectivity index (χ3n) is 5.12. The van der Waals surface area contributed by atoms with Gasteiger partial charge in [-0.15, -0.1) is 0 Å². The van der Waals surface area contributed by atoms with Gasteiger partial charge < -0.3 is 10.5 Å². The van der Waals surface area contributed by atoms with Crippen molar-refractivity contribution in [3.05, 3.63) is 98.1 Å². The van der Waals surface area contributed by atoms with Crippen LogP contribution >= 0.6 is 23.2 Å². The Morgan fingerprint density at radius 2 is 1.64 bits per heavy atom. The minimum atomic E-state index is -0.208. The summed E-state index contributed by atoms with van der Waals surface area (Å²) in [6, 6.07) is 17.5. The van der Waals surface area contributed by atoms with E-state index in [0.29, 0.717) is 15.6 Å². The van der Waals surface area contributed by atoms with Crippen LogP contribution in [0.3, 0.4) is 0 Å². The Labute approximate surface area is 174 Å². The zero-order valence-corrected chi connectivity index (χ0v) is 16.6. The van der Waals surface area contributed by atoms with Crippen LogP contribution in [0.2, 0.25) is 10.0 Å². The van der Waals surface area contributed by atoms with Gasteiger partial charge in [0.25, 0.3) is 0 Å². The molecule has 0 saturated heterocycles. The van der Waals surface area contributed by atoms with Gasteiger partial charge in [-0.3, -0.25) is 0 Å². The highest BCUT2D eigenvalue weighted by molar-refractivity contribution is 6.30. The number of ether oxygens (including phenoxy) is 1. The molecule has 0 aromatic heterocycles. The Bertz CT molecular complexity index is 1040. The second kappa shape index (κ2) is 7.75. The monoisotopic (exact) mass is 408 g/mol. The van der Waals surface area contributed by atoms with Crippen LogP contribution in [0.5, 0.6) is 0 Å². The molecule has 28 heavy (non-hydrogen) atoms. The fraction of sp³-hybridized carbons (Fsp3) is 0.174. The molecule has 0 bridgehead atoms. The van der Waals surface area contributed by atoms with Crippen molar-refractivity contribution >= 4 is 29.3 Å². The highest BCUT2D eigenvalue weighted by Crippen LogP contribution is 2.46. The summed E-state index contributed by atoms with van der Waals surface area (Å²) in [6.45, 7) is 0. The number of hydrogen-bond acceptors (Lipinski definition) is 3. The first-order valence-electron chi connectivity index (χ1n) is 9.09. The molecule has 1 aliphatic carbocycles. The van der Waals surface area contributed by atoms with E-state index in [-0.39, 0.29) is 11.8 Å². The van der Waals surface area contributed by atoms with Gasteiger partial charge in [-0.2, -0.15) is 5.26 Å². The molecule has 2 aliphatic rings. The fourth-order valence-electron chi connectivity index (χ4n) is 3.83. The molecule has 1 heterocycles. The average molecular weight is 409 g/mol. The van der Waals surface area contributed by atoms with Crippen molar-refractivity contribution in [3.63, 3.8) is 0 Å². The maximum atomic E-state index is 9.72. The molecule has 3 nitrogen and oxygen atoms in total. The first-order valence-corrected chi connectivity index (χ1v) is 9.85. The Hall–Kier alpha value is -2.67. The smallest absolute Gasteiger partial charge is 0.205 e. The molecule has 1 atom stereocenters. The molecule has 0 radical (unpaired) electrons. The van der Waals surface area contributed by atoms with E-state index in [1.54, 1.807) is 0 Å². The van der Waals surface area contributed by atoms with E-state index in [9.17, 15) is 5.26 Å². The highest BCUT2D eigenvalue weighted by Gasteiger charge is 2.35. The van der Waals surface area contributed by atoms with Crippen LogP contribution in [-0.4, -0.2) is 0 Å². The van der Waals surface area contributed by atoms with Gasteiger partial charge in [-0.25, -0.2) is 0 Å². The van der Waals surface area contributed by atoms with Crippen LogP contribution in [0.4, 0.5) is 0 Å². The van der Waals surface area contributed by atoms with Crippen LogP contribution in [-0.2, 0) is 4.74 Å². The normalized spacial score (nSPS) is 20.6. The molecule has 4 rings (SSSR count). The zero-order valence-electron chi connectivity index (χ0n) is 15.1. The molecule has 140 valence electrons.